The van der Waals surface area contributed by atoms with Crippen LogP contribution in [0.2, 0.25) is 0 Å². The summed E-state index contributed by atoms with van der Waals surface area (Å²) in [6.07, 6.45) is 1.90. The van der Waals surface area contributed by atoms with Gasteiger partial charge in [0, 0.05) is 22.7 Å². The molecule has 8 heteroatoms. The normalized spacial score (nSPS) is 10.6. The van der Waals surface area contributed by atoms with Crippen molar-refractivity contribution in [1.82, 2.24) is 9.78 Å². The van der Waals surface area contributed by atoms with Crippen LogP contribution in [0.25, 0.3) is 11.1 Å². The molecule has 2 aromatic heterocycles. The third kappa shape index (κ3) is 5.13. The third-order valence-corrected chi connectivity index (χ3v) is 6.46. The minimum Gasteiger partial charge on any atom is -0.465 e. The summed E-state index contributed by atoms with van der Waals surface area (Å²) in [5.74, 6) is 0.211. The number of benzene rings is 2. The fourth-order valence-electron chi connectivity index (χ4n) is 3.61. The highest BCUT2D eigenvalue weighted by molar-refractivity contribution is 7.80. The Kier molecular flexibility index (Phi) is 6.86. The van der Waals surface area contributed by atoms with E-state index < -0.39 is 5.97 Å². The molecule has 0 fully saturated rings. The number of hydrogen-bond donors (Lipinski definition) is 2. The van der Waals surface area contributed by atoms with Gasteiger partial charge < -0.3 is 15.4 Å². The molecule has 0 amide bonds. The van der Waals surface area contributed by atoms with Crippen LogP contribution < -0.4 is 10.6 Å². The SMILES string of the molecule is COC(=O)c1c(NC(=S)Nc2ccn(Cc3ccccc3C)n2)sc(C)c1-c1ccccc1. The van der Waals surface area contributed by atoms with E-state index in [0.717, 1.165) is 16.0 Å². The van der Waals surface area contributed by atoms with Gasteiger partial charge in [-0.15, -0.1) is 11.3 Å². The maximum Gasteiger partial charge on any atom is 0.341 e. The van der Waals surface area contributed by atoms with Crippen molar-refractivity contribution in [3.05, 3.63) is 88.4 Å². The van der Waals surface area contributed by atoms with Crippen LogP contribution in [0.15, 0.2) is 66.9 Å². The minimum absolute atomic E-state index is 0.349. The molecule has 33 heavy (non-hydrogen) atoms. The van der Waals surface area contributed by atoms with E-state index in [1.165, 1.54) is 29.6 Å². The molecule has 0 aliphatic carbocycles. The first-order valence-electron chi connectivity index (χ1n) is 10.4. The maximum atomic E-state index is 12.7. The van der Waals surface area contributed by atoms with Crippen LogP contribution in [0, 0.1) is 13.8 Å². The van der Waals surface area contributed by atoms with Gasteiger partial charge in [0.15, 0.2) is 10.9 Å². The topological polar surface area (TPSA) is 68.2 Å². The zero-order valence-electron chi connectivity index (χ0n) is 18.6. The highest BCUT2D eigenvalue weighted by Crippen LogP contribution is 2.40. The summed E-state index contributed by atoms with van der Waals surface area (Å²) < 4.78 is 6.93. The molecule has 6 nitrogen and oxygen atoms in total. The van der Waals surface area contributed by atoms with Gasteiger partial charge in [0.1, 0.15) is 10.6 Å². The van der Waals surface area contributed by atoms with Gasteiger partial charge in [-0.1, -0.05) is 54.6 Å². The van der Waals surface area contributed by atoms with E-state index in [0.29, 0.717) is 28.0 Å². The number of carbonyl (C=O) groups is 1. The molecule has 2 N–H and O–H groups in total. The number of thiocarbonyl (C=S) groups is 1. The van der Waals surface area contributed by atoms with E-state index in [2.05, 4.69) is 34.8 Å². The Hall–Kier alpha value is -3.49. The van der Waals surface area contributed by atoms with Crippen molar-refractivity contribution in [2.24, 2.45) is 0 Å². The number of carbonyl (C=O) groups excluding carboxylic acids is 1. The summed E-state index contributed by atoms with van der Waals surface area (Å²) in [4.78, 5) is 13.6. The zero-order chi connectivity index (χ0) is 23.4. The number of aromatic nitrogens is 2. The van der Waals surface area contributed by atoms with Crippen LogP contribution in [0.4, 0.5) is 10.8 Å². The molecule has 0 saturated heterocycles. The Morgan fingerprint density at radius 3 is 2.52 bits per heavy atom. The van der Waals surface area contributed by atoms with E-state index in [1.807, 2.05) is 66.3 Å². The standard InChI is InChI=1S/C25H24N4O2S2/c1-16-9-7-8-12-19(16)15-29-14-13-20(28-29)26-25(32)27-23-22(24(30)31-3)21(17(2)33-23)18-10-5-4-6-11-18/h4-14H,15H2,1-3H3,(H2,26,27,28,32). The molecule has 168 valence electrons. The van der Waals surface area contributed by atoms with Crippen LogP contribution in [0.5, 0.6) is 0 Å². The minimum atomic E-state index is -0.411. The van der Waals surface area contributed by atoms with Gasteiger partial charge in [-0.2, -0.15) is 5.10 Å². The van der Waals surface area contributed by atoms with Crippen LogP contribution >= 0.6 is 23.6 Å². The van der Waals surface area contributed by atoms with Gasteiger partial charge in [-0.3, -0.25) is 4.68 Å². The van der Waals surface area contributed by atoms with Crippen molar-refractivity contribution < 1.29 is 9.53 Å². The average molecular weight is 477 g/mol. The van der Waals surface area contributed by atoms with Crippen LogP contribution in [0.3, 0.4) is 0 Å². The first kappa shape index (κ1) is 22.7. The quantitative estimate of drug-likeness (QED) is 0.268. The Labute approximate surface area is 202 Å². The summed E-state index contributed by atoms with van der Waals surface area (Å²) in [6.45, 7) is 4.74. The molecule has 0 aliphatic rings. The van der Waals surface area contributed by atoms with Crippen molar-refractivity contribution in [1.29, 1.82) is 0 Å². The van der Waals surface area contributed by atoms with E-state index in [-0.39, 0.29) is 0 Å². The predicted octanol–water partition coefficient (Wildman–Crippen LogP) is 5.87. The fraction of sp³-hybridized carbons (Fsp3) is 0.160. The van der Waals surface area contributed by atoms with Crippen molar-refractivity contribution >= 4 is 45.5 Å². The van der Waals surface area contributed by atoms with Crippen molar-refractivity contribution in [3.8, 4) is 11.1 Å². The second-order valence-corrected chi connectivity index (χ2v) is 9.13. The summed E-state index contributed by atoms with van der Waals surface area (Å²) in [5, 5.41) is 11.8. The van der Waals surface area contributed by atoms with Crippen molar-refractivity contribution in [3.63, 3.8) is 0 Å². The maximum absolute atomic E-state index is 12.7. The van der Waals surface area contributed by atoms with Crippen LogP contribution in [-0.4, -0.2) is 28.0 Å². The monoisotopic (exact) mass is 476 g/mol. The molecular formula is C25H24N4O2S2. The second kappa shape index (κ2) is 9.97. The molecule has 2 heterocycles. The third-order valence-electron chi connectivity index (χ3n) is 5.24. The molecule has 4 aromatic rings. The Bertz CT molecular complexity index is 1290. The number of nitrogens with one attached hydrogen (secondary N) is 2. The van der Waals surface area contributed by atoms with Crippen molar-refractivity contribution in [2.45, 2.75) is 20.4 Å². The number of esters is 1. The molecule has 0 unspecified atom stereocenters. The van der Waals surface area contributed by atoms with Gasteiger partial charge in [0.2, 0.25) is 0 Å². The predicted molar refractivity (Wildman–Crippen MR) is 138 cm³/mol. The summed E-state index contributed by atoms with van der Waals surface area (Å²) >= 11 is 6.97. The van der Waals surface area contributed by atoms with E-state index >= 15 is 0 Å². The number of nitrogens with zero attached hydrogens (tertiary/aromatic N) is 2. The highest BCUT2D eigenvalue weighted by atomic mass is 32.1. The van der Waals surface area contributed by atoms with E-state index in [1.54, 1.807) is 0 Å². The number of thiophene rings is 1. The van der Waals surface area contributed by atoms with Gasteiger partial charge in [-0.05, 0) is 42.8 Å². The fourth-order valence-corrected chi connectivity index (χ4v) is 4.95. The number of aryl methyl sites for hydroxylation is 2. The van der Waals surface area contributed by atoms with Gasteiger partial charge >= 0.3 is 5.97 Å². The van der Waals surface area contributed by atoms with E-state index in [4.69, 9.17) is 17.0 Å². The van der Waals surface area contributed by atoms with Crippen LogP contribution in [0.1, 0.15) is 26.4 Å². The van der Waals surface area contributed by atoms with Crippen molar-refractivity contribution in [2.75, 3.05) is 17.7 Å². The molecular weight excluding hydrogens is 452 g/mol. The van der Waals surface area contributed by atoms with E-state index in [9.17, 15) is 4.79 Å². The van der Waals surface area contributed by atoms with Crippen LogP contribution in [-0.2, 0) is 11.3 Å². The average Bonchev–Trinajstić information content (AvgIpc) is 3.38. The highest BCUT2D eigenvalue weighted by Gasteiger charge is 2.24. The number of hydrogen-bond acceptors (Lipinski definition) is 5. The summed E-state index contributed by atoms with van der Waals surface area (Å²) in [5.41, 5.74) is 4.70. The molecule has 0 saturated carbocycles. The lowest BCUT2D eigenvalue weighted by Crippen LogP contribution is -2.20. The number of methoxy groups -OCH3 is 1. The number of rotatable bonds is 6. The molecule has 2 aromatic carbocycles. The molecule has 0 aliphatic heterocycles. The first-order chi connectivity index (χ1) is 16.0. The molecule has 4 rings (SSSR count). The first-order valence-corrected chi connectivity index (χ1v) is 11.6. The molecule has 0 spiro atoms. The van der Waals surface area contributed by atoms with Gasteiger partial charge in [0.05, 0.1) is 13.7 Å². The molecule has 0 radical (unpaired) electrons. The smallest absolute Gasteiger partial charge is 0.341 e. The molecule has 0 bridgehead atoms. The second-order valence-electron chi connectivity index (χ2n) is 7.50. The lowest BCUT2D eigenvalue weighted by atomic mass is 10.0. The van der Waals surface area contributed by atoms with Gasteiger partial charge in [0.25, 0.3) is 0 Å². The Morgan fingerprint density at radius 1 is 1.06 bits per heavy atom. The molecule has 0 atom stereocenters. The van der Waals surface area contributed by atoms with Gasteiger partial charge in [-0.25, -0.2) is 4.79 Å². The Morgan fingerprint density at radius 2 is 1.79 bits per heavy atom. The summed E-state index contributed by atoms with van der Waals surface area (Å²) in [7, 11) is 1.38. The lowest BCUT2D eigenvalue weighted by molar-refractivity contribution is 0.0603. The lowest BCUT2D eigenvalue weighted by Gasteiger charge is -2.10. The number of ether oxygens (including phenoxy) is 1. The summed E-state index contributed by atoms with van der Waals surface area (Å²) in [6, 6.07) is 19.9. The largest absolute Gasteiger partial charge is 0.465 e. The zero-order valence-corrected chi connectivity index (χ0v) is 20.2. The number of anilines is 2. The Balaban J connectivity index is 1.52.